The normalized spacial score (nSPS) is 13.0. The molecule has 7 nitrogen and oxygen atoms in total. The quantitative estimate of drug-likeness (QED) is 0.171. The van der Waals surface area contributed by atoms with Gasteiger partial charge in [-0.25, -0.2) is 0 Å². The van der Waals surface area contributed by atoms with Crippen molar-refractivity contribution in [2.24, 2.45) is 5.92 Å². The summed E-state index contributed by atoms with van der Waals surface area (Å²) in [7, 11) is 0. The van der Waals surface area contributed by atoms with Crippen LogP contribution in [-0.2, 0) is 25.5 Å². The molecule has 0 saturated carbocycles. The first-order valence-electron chi connectivity index (χ1n) is 12.6. The van der Waals surface area contributed by atoms with Gasteiger partial charge < -0.3 is 20.5 Å². The van der Waals surface area contributed by atoms with Crippen molar-refractivity contribution >= 4 is 17.8 Å². The van der Waals surface area contributed by atoms with Gasteiger partial charge in [0.05, 0.1) is 24.6 Å². The van der Waals surface area contributed by atoms with Gasteiger partial charge in [0, 0.05) is 12.8 Å². The Morgan fingerprint density at radius 2 is 1.62 bits per heavy atom. The van der Waals surface area contributed by atoms with Crippen LogP contribution in [0.4, 0.5) is 0 Å². The largest absolute Gasteiger partial charge is 0.463 e. The molecule has 2 aromatic carbocycles. The molecule has 37 heavy (non-hydrogen) atoms. The Morgan fingerprint density at radius 3 is 2.24 bits per heavy atom. The number of benzene rings is 2. The van der Waals surface area contributed by atoms with Gasteiger partial charge in [0.2, 0.25) is 11.8 Å². The van der Waals surface area contributed by atoms with Crippen molar-refractivity contribution in [3.63, 3.8) is 0 Å². The number of unbranched alkanes of at least 4 members (excludes halogenated alkanes) is 1. The molecule has 0 fully saturated rings. The number of hydrogen-bond donors (Lipinski definition) is 3. The summed E-state index contributed by atoms with van der Waals surface area (Å²) in [6.07, 6.45) is 5.72. The Balaban J connectivity index is 2.01. The number of esters is 1. The maximum Gasteiger partial charge on any atom is 0.305 e. The highest BCUT2D eigenvalue weighted by Crippen LogP contribution is 2.18. The van der Waals surface area contributed by atoms with Crippen LogP contribution < -0.4 is 10.6 Å². The van der Waals surface area contributed by atoms with E-state index in [9.17, 15) is 19.5 Å². The van der Waals surface area contributed by atoms with E-state index >= 15 is 0 Å². The van der Waals surface area contributed by atoms with Crippen LogP contribution in [0.2, 0.25) is 0 Å². The number of hydrogen-bond acceptors (Lipinski definition) is 5. The molecule has 3 N–H and O–H groups in total. The monoisotopic (exact) mass is 506 g/mol. The summed E-state index contributed by atoms with van der Waals surface area (Å²) in [6.45, 7) is 7.15. The molecule has 7 heteroatoms. The molecular weight excluding hydrogens is 468 g/mol. The first-order chi connectivity index (χ1) is 18.0. The van der Waals surface area contributed by atoms with Gasteiger partial charge in [0.1, 0.15) is 6.61 Å². The minimum atomic E-state index is -0.664. The van der Waals surface area contributed by atoms with Crippen LogP contribution in [0.1, 0.15) is 49.3 Å². The third-order valence-electron chi connectivity index (χ3n) is 5.88. The highest BCUT2D eigenvalue weighted by atomic mass is 16.5. The topological polar surface area (TPSA) is 105 Å². The lowest BCUT2D eigenvalue weighted by molar-refractivity contribution is -0.145. The van der Waals surface area contributed by atoms with Crippen molar-refractivity contribution < 1.29 is 24.2 Å². The fourth-order valence-electron chi connectivity index (χ4n) is 3.89. The summed E-state index contributed by atoms with van der Waals surface area (Å²) in [5.41, 5.74) is 1.78. The number of nitrogens with one attached hydrogen (secondary N) is 2. The summed E-state index contributed by atoms with van der Waals surface area (Å²) < 4.78 is 5.44. The average Bonchev–Trinajstić information content (AvgIpc) is 2.91. The Hall–Kier alpha value is -3.71. The molecule has 2 aromatic rings. The van der Waals surface area contributed by atoms with Crippen molar-refractivity contribution in [2.75, 3.05) is 13.2 Å². The first kappa shape index (κ1) is 29.5. The average molecular weight is 507 g/mol. The fraction of sp³-hybridized carbons (Fsp3) is 0.367. The Kier molecular flexibility index (Phi) is 13.5. The zero-order chi connectivity index (χ0) is 26.9. The van der Waals surface area contributed by atoms with Gasteiger partial charge in [0.25, 0.3) is 0 Å². The van der Waals surface area contributed by atoms with Crippen LogP contribution >= 0.6 is 0 Å². The van der Waals surface area contributed by atoms with Crippen LogP contribution in [0.3, 0.4) is 0 Å². The zero-order valence-electron chi connectivity index (χ0n) is 21.3. The van der Waals surface area contributed by atoms with Crippen molar-refractivity contribution in [1.82, 2.24) is 10.6 Å². The van der Waals surface area contributed by atoms with E-state index in [0.29, 0.717) is 19.3 Å². The number of ether oxygens (including phenoxy) is 1. The third kappa shape index (κ3) is 11.3. The van der Waals surface area contributed by atoms with E-state index < -0.39 is 18.0 Å². The van der Waals surface area contributed by atoms with E-state index in [0.717, 1.165) is 17.5 Å². The standard InChI is InChI=1S/C30H38N2O5/c1-3-5-8-18-29(35)37-22-27(24-16-11-7-12-17-24)32-30(36)25(13-4-2)20-28(34)31-26(21-33)19-23-14-9-6-10-15-23/h3-4,6-7,9-12,14-17,25-27,33H,1-2,5,8,13,18-22H2,(H,31,34)(H,32,36)/t25-,26-,27-/m1/s1. The van der Waals surface area contributed by atoms with Gasteiger partial charge in [-0.1, -0.05) is 72.8 Å². The second kappa shape index (κ2) is 16.9. The summed E-state index contributed by atoms with van der Waals surface area (Å²) in [5, 5.41) is 15.5. The first-order valence-corrected chi connectivity index (χ1v) is 12.6. The van der Waals surface area contributed by atoms with Gasteiger partial charge in [-0.15, -0.1) is 13.2 Å². The summed E-state index contributed by atoms with van der Waals surface area (Å²) in [4.78, 5) is 38.1. The van der Waals surface area contributed by atoms with Crippen LogP contribution in [0.25, 0.3) is 0 Å². The number of carbonyl (C=O) groups excluding carboxylic acids is 3. The SMILES string of the molecule is C=CCCCC(=O)OC[C@@H](NC(=O)[C@H](CC=C)CC(=O)N[C@@H](CO)Cc1ccccc1)c1ccccc1. The minimum absolute atomic E-state index is 0.0145. The van der Waals surface area contributed by atoms with E-state index in [1.807, 2.05) is 60.7 Å². The molecule has 0 unspecified atom stereocenters. The number of allylic oxidation sites excluding steroid dienone is 2. The smallest absolute Gasteiger partial charge is 0.305 e. The maximum absolute atomic E-state index is 13.2. The van der Waals surface area contributed by atoms with Crippen molar-refractivity contribution in [3.05, 3.63) is 97.1 Å². The van der Waals surface area contributed by atoms with E-state index in [2.05, 4.69) is 23.8 Å². The van der Waals surface area contributed by atoms with Gasteiger partial charge in [-0.3, -0.25) is 14.4 Å². The lowest BCUT2D eigenvalue weighted by Gasteiger charge is -2.23. The molecular formula is C30H38N2O5. The molecule has 0 bridgehead atoms. The predicted octanol–water partition coefficient (Wildman–Crippen LogP) is 4.05. The minimum Gasteiger partial charge on any atom is -0.463 e. The molecule has 0 saturated heterocycles. The summed E-state index contributed by atoms with van der Waals surface area (Å²) in [6, 6.07) is 17.8. The molecule has 0 aliphatic rings. The molecule has 0 heterocycles. The highest BCUT2D eigenvalue weighted by Gasteiger charge is 2.25. The second-order valence-electron chi connectivity index (χ2n) is 8.90. The Labute approximate surface area is 219 Å². The van der Waals surface area contributed by atoms with E-state index in [-0.39, 0.29) is 43.8 Å². The van der Waals surface area contributed by atoms with Crippen LogP contribution in [0, 0.1) is 5.92 Å². The lowest BCUT2D eigenvalue weighted by atomic mass is 9.98. The molecule has 2 amide bonds. The lowest BCUT2D eigenvalue weighted by Crippen LogP contribution is -2.42. The van der Waals surface area contributed by atoms with Gasteiger partial charge in [-0.05, 0) is 36.8 Å². The highest BCUT2D eigenvalue weighted by molar-refractivity contribution is 5.86. The van der Waals surface area contributed by atoms with Crippen LogP contribution in [0.5, 0.6) is 0 Å². The van der Waals surface area contributed by atoms with Crippen LogP contribution in [0.15, 0.2) is 86.0 Å². The van der Waals surface area contributed by atoms with Crippen molar-refractivity contribution in [2.45, 2.75) is 50.6 Å². The second-order valence-corrected chi connectivity index (χ2v) is 8.90. The van der Waals surface area contributed by atoms with E-state index in [1.165, 1.54) is 0 Å². The van der Waals surface area contributed by atoms with Crippen molar-refractivity contribution in [1.29, 1.82) is 0 Å². The van der Waals surface area contributed by atoms with E-state index in [1.54, 1.807) is 12.2 Å². The summed E-state index contributed by atoms with van der Waals surface area (Å²) >= 11 is 0. The van der Waals surface area contributed by atoms with Crippen LogP contribution in [-0.4, -0.2) is 42.1 Å². The molecule has 3 atom stereocenters. The van der Waals surface area contributed by atoms with E-state index in [4.69, 9.17) is 4.74 Å². The molecule has 0 aliphatic carbocycles. The molecule has 0 spiro atoms. The van der Waals surface area contributed by atoms with Gasteiger partial charge in [-0.2, -0.15) is 0 Å². The molecule has 0 aliphatic heterocycles. The zero-order valence-corrected chi connectivity index (χ0v) is 21.3. The number of aliphatic hydroxyl groups is 1. The Bertz CT molecular complexity index is 994. The molecule has 2 rings (SSSR count). The van der Waals surface area contributed by atoms with Gasteiger partial charge in [0.15, 0.2) is 0 Å². The predicted molar refractivity (Wildman–Crippen MR) is 144 cm³/mol. The number of carbonyl (C=O) groups is 3. The van der Waals surface area contributed by atoms with Crippen molar-refractivity contribution in [3.8, 4) is 0 Å². The fourth-order valence-corrected chi connectivity index (χ4v) is 3.89. The van der Waals surface area contributed by atoms with Gasteiger partial charge >= 0.3 is 5.97 Å². The summed E-state index contributed by atoms with van der Waals surface area (Å²) in [5.74, 6) is -1.67. The molecule has 0 radical (unpaired) electrons. The maximum atomic E-state index is 13.2. The molecule has 198 valence electrons. The number of aliphatic hydroxyl groups excluding tert-OH is 1. The number of amides is 2. The number of rotatable bonds is 17. The Morgan fingerprint density at radius 1 is 0.946 bits per heavy atom. The molecule has 0 aromatic heterocycles. The third-order valence-corrected chi connectivity index (χ3v) is 5.88.